The van der Waals surface area contributed by atoms with Crippen LogP contribution < -0.4 is 0 Å². The van der Waals surface area contributed by atoms with Crippen molar-refractivity contribution in [2.75, 3.05) is 6.61 Å². The van der Waals surface area contributed by atoms with Gasteiger partial charge in [0, 0.05) is 10.1 Å². The average Bonchev–Trinajstić information content (AvgIpc) is 2.16. The summed E-state index contributed by atoms with van der Waals surface area (Å²) in [5.41, 5.74) is -0.280. The molecule has 0 heterocycles. The molecule has 0 aliphatic rings. The van der Waals surface area contributed by atoms with Crippen molar-refractivity contribution < 1.29 is 13.9 Å². The fourth-order valence-electron chi connectivity index (χ4n) is 1.29. The summed E-state index contributed by atoms with van der Waals surface area (Å²) in [5, 5.41) is 8.88. The van der Waals surface area contributed by atoms with E-state index in [0.717, 1.165) is 0 Å². The zero-order chi connectivity index (χ0) is 12.3. The number of aliphatic hydroxyl groups is 1. The van der Waals surface area contributed by atoms with Crippen molar-refractivity contribution in [1.29, 1.82) is 0 Å². The molecule has 1 aromatic rings. The van der Waals surface area contributed by atoms with Crippen LogP contribution in [0.25, 0.3) is 0 Å². The molecule has 16 heavy (non-hydrogen) atoms. The maximum absolute atomic E-state index is 13.5. The molecule has 1 nitrogen and oxygen atoms in total. The summed E-state index contributed by atoms with van der Waals surface area (Å²) in [6.45, 7) is 2.58. The molecule has 0 unspecified atom stereocenters. The van der Waals surface area contributed by atoms with Crippen LogP contribution in [-0.2, 0) is 5.92 Å². The van der Waals surface area contributed by atoms with E-state index in [9.17, 15) is 8.78 Å². The van der Waals surface area contributed by atoms with Gasteiger partial charge in [0.05, 0.1) is 10.6 Å². The summed E-state index contributed by atoms with van der Waals surface area (Å²) in [6, 6.07) is 4.63. The van der Waals surface area contributed by atoms with Gasteiger partial charge in [0.2, 0.25) is 0 Å². The molecule has 0 saturated heterocycles. The predicted molar refractivity (Wildman–Crippen MR) is 63.4 cm³/mol. The van der Waals surface area contributed by atoms with Crippen LogP contribution in [0.2, 0.25) is 5.02 Å². The first-order chi connectivity index (χ1) is 7.38. The Hall–Kier alpha value is -0.320. The van der Waals surface area contributed by atoms with Crippen LogP contribution >= 0.6 is 23.4 Å². The highest BCUT2D eigenvalue weighted by Crippen LogP contribution is 2.40. The number of halogens is 3. The highest BCUT2D eigenvalue weighted by Gasteiger charge is 2.35. The SMILES string of the molecule is CC(C)Sc1cccc(Cl)c1C(F)(F)CO. The topological polar surface area (TPSA) is 20.2 Å². The minimum absolute atomic E-state index is 0.00954. The molecule has 0 aliphatic heterocycles. The second-order valence-corrected chi connectivity index (χ2v) is 5.67. The van der Waals surface area contributed by atoms with Gasteiger partial charge in [-0.2, -0.15) is 8.78 Å². The second-order valence-electron chi connectivity index (χ2n) is 3.64. The fraction of sp³-hybridized carbons (Fsp3) is 0.455. The van der Waals surface area contributed by atoms with Gasteiger partial charge < -0.3 is 5.11 Å². The normalized spacial score (nSPS) is 12.2. The quantitative estimate of drug-likeness (QED) is 0.834. The number of rotatable bonds is 4. The molecule has 1 rings (SSSR count). The van der Waals surface area contributed by atoms with Gasteiger partial charge in [0.25, 0.3) is 5.92 Å². The zero-order valence-corrected chi connectivity index (χ0v) is 10.6. The highest BCUT2D eigenvalue weighted by molar-refractivity contribution is 8.00. The third kappa shape index (κ3) is 3.09. The summed E-state index contributed by atoms with van der Waals surface area (Å²) >= 11 is 7.08. The van der Waals surface area contributed by atoms with E-state index >= 15 is 0 Å². The molecule has 5 heteroatoms. The molecule has 90 valence electrons. The number of hydrogen-bond donors (Lipinski definition) is 1. The Bertz CT molecular complexity index is 369. The zero-order valence-electron chi connectivity index (χ0n) is 9.01. The van der Waals surface area contributed by atoms with Gasteiger partial charge in [-0.3, -0.25) is 0 Å². The third-order valence-corrected chi connectivity index (χ3v) is 3.28. The first-order valence-electron chi connectivity index (χ1n) is 4.83. The molecule has 1 N–H and O–H groups in total. The lowest BCUT2D eigenvalue weighted by molar-refractivity contribution is -0.0576. The third-order valence-electron chi connectivity index (χ3n) is 1.90. The van der Waals surface area contributed by atoms with E-state index in [1.807, 2.05) is 13.8 Å². The Balaban J connectivity index is 3.23. The minimum atomic E-state index is -3.30. The van der Waals surface area contributed by atoms with Gasteiger partial charge in [-0.25, -0.2) is 0 Å². The lowest BCUT2D eigenvalue weighted by atomic mass is 10.1. The first-order valence-corrected chi connectivity index (χ1v) is 6.08. The van der Waals surface area contributed by atoms with Gasteiger partial charge in [0.1, 0.15) is 6.61 Å². The summed E-state index contributed by atoms with van der Waals surface area (Å²) in [5.74, 6) is -3.30. The van der Waals surface area contributed by atoms with Crippen molar-refractivity contribution in [1.82, 2.24) is 0 Å². The van der Waals surface area contributed by atoms with Crippen LogP contribution in [0.1, 0.15) is 19.4 Å². The Morgan fingerprint density at radius 1 is 1.44 bits per heavy atom. The number of benzene rings is 1. The lowest BCUT2D eigenvalue weighted by Crippen LogP contribution is -2.20. The van der Waals surface area contributed by atoms with E-state index in [2.05, 4.69) is 0 Å². The van der Waals surface area contributed by atoms with Gasteiger partial charge >= 0.3 is 0 Å². The molecule has 0 amide bonds. The Kier molecular flexibility index (Phi) is 4.59. The van der Waals surface area contributed by atoms with Crippen LogP contribution in [0.4, 0.5) is 8.78 Å². The lowest BCUT2D eigenvalue weighted by Gasteiger charge is -2.19. The molecule has 0 fully saturated rings. The van der Waals surface area contributed by atoms with E-state index in [-0.39, 0.29) is 15.8 Å². The molecule has 0 radical (unpaired) electrons. The van der Waals surface area contributed by atoms with Crippen molar-refractivity contribution in [2.24, 2.45) is 0 Å². The minimum Gasteiger partial charge on any atom is -0.390 e. The molecular weight excluding hydrogens is 254 g/mol. The number of hydrogen-bond acceptors (Lipinski definition) is 2. The van der Waals surface area contributed by atoms with Crippen LogP contribution in [-0.4, -0.2) is 17.0 Å². The molecule has 0 spiro atoms. The monoisotopic (exact) mass is 266 g/mol. The van der Waals surface area contributed by atoms with E-state index in [4.69, 9.17) is 16.7 Å². The highest BCUT2D eigenvalue weighted by atomic mass is 35.5. The van der Waals surface area contributed by atoms with Crippen LogP contribution in [0.15, 0.2) is 23.1 Å². The Morgan fingerprint density at radius 2 is 2.06 bits per heavy atom. The maximum Gasteiger partial charge on any atom is 0.298 e. The molecule has 0 aliphatic carbocycles. The summed E-state index contributed by atoms with van der Waals surface area (Å²) in [6.07, 6.45) is 0. The van der Waals surface area contributed by atoms with Crippen molar-refractivity contribution in [3.63, 3.8) is 0 Å². The van der Waals surface area contributed by atoms with Crippen LogP contribution in [0.5, 0.6) is 0 Å². The summed E-state index contributed by atoms with van der Waals surface area (Å²) in [4.78, 5) is 0.418. The van der Waals surface area contributed by atoms with Gasteiger partial charge in [-0.1, -0.05) is 31.5 Å². The van der Waals surface area contributed by atoms with E-state index < -0.39 is 12.5 Å². The Morgan fingerprint density at radius 3 is 2.56 bits per heavy atom. The smallest absolute Gasteiger partial charge is 0.298 e. The average molecular weight is 267 g/mol. The number of alkyl halides is 2. The van der Waals surface area contributed by atoms with E-state index in [1.54, 1.807) is 12.1 Å². The van der Waals surface area contributed by atoms with Gasteiger partial charge in [-0.15, -0.1) is 11.8 Å². The van der Waals surface area contributed by atoms with Crippen molar-refractivity contribution in [2.45, 2.75) is 29.9 Å². The first kappa shape index (κ1) is 13.7. The predicted octanol–water partition coefficient (Wildman–Crippen LogP) is 3.92. The van der Waals surface area contributed by atoms with Crippen LogP contribution in [0, 0.1) is 0 Å². The van der Waals surface area contributed by atoms with Crippen molar-refractivity contribution in [3.05, 3.63) is 28.8 Å². The molecule has 0 aromatic heterocycles. The van der Waals surface area contributed by atoms with E-state index in [1.165, 1.54) is 17.8 Å². The van der Waals surface area contributed by atoms with E-state index in [0.29, 0.717) is 4.90 Å². The van der Waals surface area contributed by atoms with Gasteiger partial charge in [-0.05, 0) is 12.1 Å². The standard InChI is InChI=1S/C11H13ClF2OS/c1-7(2)16-9-5-3-4-8(12)10(9)11(13,14)6-15/h3-5,7,15H,6H2,1-2H3. The molecule has 0 bridgehead atoms. The molecular formula is C11H13ClF2OS. The summed E-state index contributed by atoms with van der Waals surface area (Å²) < 4.78 is 27.0. The number of thioether (sulfide) groups is 1. The maximum atomic E-state index is 13.5. The summed E-state index contributed by atoms with van der Waals surface area (Å²) in [7, 11) is 0. The van der Waals surface area contributed by atoms with Crippen molar-refractivity contribution >= 4 is 23.4 Å². The van der Waals surface area contributed by atoms with Crippen LogP contribution in [0.3, 0.4) is 0 Å². The van der Waals surface area contributed by atoms with Crippen molar-refractivity contribution in [3.8, 4) is 0 Å². The largest absolute Gasteiger partial charge is 0.390 e. The second kappa shape index (κ2) is 5.34. The number of aliphatic hydroxyl groups excluding tert-OH is 1. The van der Waals surface area contributed by atoms with Gasteiger partial charge in [0.15, 0.2) is 0 Å². The Labute approximate surface area is 103 Å². The molecule has 1 aromatic carbocycles. The molecule has 0 saturated carbocycles. The fourth-order valence-corrected chi connectivity index (χ4v) is 2.70. The molecule has 0 atom stereocenters.